The highest BCUT2D eigenvalue weighted by molar-refractivity contribution is 9.09. The van der Waals surface area contributed by atoms with Crippen molar-refractivity contribution in [2.24, 2.45) is 5.92 Å². The molecule has 0 heterocycles. The van der Waals surface area contributed by atoms with Gasteiger partial charge in [-0.05, 0) is 19.3 Å². The van der Waals surface area contributed by atoms with Gasteiger partial charge in [0.05, 0.1) is 5.92 Å². The molecule has 0 fully saturated rings. The summed E-state index contributed by atoms with van der Waals surface area (Å²) in [6.07, 6.45) is 3.81. The number of unbranched alkanes of at least 4 members (excludes halogenated alkanes) is 1. The Hall–Kier alpha value is 0.167. The molecule has 1 unspecified atom stereocenters. The molecule has 0 spiro atoms. The average molecular weight is 295 g/mol. The van der Waals surface area contributed by atoms with Crippen molar-refractivity contribution >= 4 is 30.0 Å². The van der Waals surface area contributed by atoms with E-state index in [4.69, 9.17) is 5.11 Å². The van der Waals surface area contributed by atoms with Crippen molar-refractivity contribution in [3.05, 3.63) is 0 Å². The van der Waals surface area contributed by atoms with E-state index >= 15 is 0 Å². The van der Waals surface area contributed by atoms with Gasteiger partial charge in [0.1, 0.15) is 0 Å². The Morgan fingerprint density at radius 1 is 1.27 bits per heavy atom. The maximum Gasteiger partial charge on any atom is 0.306 e. The summed E-state index contributed by atoms with van der Waals surface area (Å²) in [5, 5.41) is 10.1. The standard InChI is InChI=1S/C11H23BrO2Si/c1-15(2,3)9-7-10(11(13)14)6-4-5-8-12/h10H,4-9H2,1-3H3,(H,13,14). The number of rotatable bonds is 8. The van der Waals surface area contributed by atoms with E-state index in [9.17, 15) is 4.79 Å². The van der Waals surface area contributed by atoms with E-state index in [0.29, 0.717) is 0 Å². The maximum absolute atomic E-state index is 11.0. The predicted octanol–water partition coefficient (Wildman–Crippen LogP) is 3.98. The zero-order chi connectivity index (χ0) is 11.9. The summed E-state index contributed by atoms with van der Waals surface area (Å²) in [7, 11) is -1.09. The Kier molecular flexibility index (Phi) is 7.52. The highest BCUT2D eigenvalue weighted by Crippen LogP contribution is 2.21. The van der Waals surface area contributed by atoms with Crippen LogP contribution in [0.15, 0.2) is 0 Å². The Morgan fingerprint density at radius 3 is 2.27 bits per heavy atom. The molecule has 0 bridgehead atoms. The van der Waals surface area contributed by atoms with E-state index in [1.165, 1.54) is 0 Å². The lowest BCUT2D eigenvalue weighted by atomic mass is 10.00. The molecule has 0 saturated heterocycles. The van der Waals surface area contributed by atoms with E-state index in [0.717, 1.165) is 37.1 Å². The molecule has 0 aliphatic heterocycles. The number of alkyl halides is 1. The molecular formula is C11H23BrO2Si. The molecule has 1 N–H and O–H groups in total. The van der Waals surface area contributed by atoms with Gasteiger partial charge in [-0.15, -0.1) is 0 Å². The summed E-state index contributed by atoms with van der Waals surface area (Å²) < 4.78 is 0. The predicted molar refractivity (Wildman–Crippen MR) is 71.5 cm³/mol. The Labute approximate surface area is 103 Å². The van der Waals surface area contributed by atoms with Crippen LogP contribution in [-0.2, 0) is 4.79 Å². The molecule has 0 saturated carbocycles. The van der Waals surface area contributed by atoms with Gasteiger partial charge in [-0.2, -0.15) is 0 Å². The quantitative estimate of drug-likeness (QED) is 0.418. The van der Waals surface area contributed by atoms with Gasteiger partial charge in [-0.3, -0.25) is 4.79 Å². The first kappa shape index (κ1) is 15.2. The van der Waals surface area contributed by atoms with E-state index in [1.54, 1.807) is 0 Å². The normalized spacial score (nSPS) is 13.9. The summed E-state index contributed by atoms with van der Waals surface area (Å²) in [6, 6.07) is 1.12. The SMILES string of the molecule is C[Si](C)(C)CCC(CCCCBr)C(=O)O. The lowest BCUT2D eigenvalue weighted by Crippen LogP contribution is -2.23. The van der Waals surface area contributed by atoms with Gasteiger partial charge in [0.25, 0.3) is 0 Å². The molecule has 0 radical (unpaired) electrons. The third-order valence-electron chi connectivity index (χ3n) is 2.53. The van der Waals surface area contributed by atoms with Gasteiger partial charge in [0, 0.05) is 13.4 Å². The minimum absolute atomic E-state index is 0.115. The zero-order valence-corrected chi connectivity index (χ0v) is 12.6. The van der Waals surface area contributed by atoms with Crippen LogP contribution in [0, 0.1) is 5.92 Å². The number of hydrogen-bond acceptors (Lipinski definition) is 1. The monoisotopic (exact) mass is 294 g/mol. The van der Waals surface area contributed by atoms with Gasteiger partial charge in [0.15, 0.2) is 0 Å². The number of halogens is 1. The minimum atomic E-state index is -1.09. The molecule has 0 aliphatic carbocycles. The Balaban J connectivity index is 3.89. The van der Waals surface area contributed by atoms with Crippen molar-refractivity contribution in [3.63, 3.8) is 0 Å². The first-order chi connectivity index (χ1) is 6.87. The van der Waals surface area contributed by atoms with Gasteiger partial charge in [0.2, 0.25) is 0 Å². The fourth-order valence-electron chi connectivity index (χ4n) is 1.48. The van der Waals surface area contributed by atoms with Crippen molar-refractivity contribution < 1.29 is 9.90 Å². The number of carboxylic acids is 1. The van der Waals surface area contributed by atoms with Crippen molar-refractivity contribution in [2.75, 3.05) is 5.33 Å². The molecular weight excluding hydrogens is 272 g/mol. The molecule has 0 aliphatic rings. The first-order valence-corrected chi connectivity index (χ1v) is 10.5. The van der Waals surface area contributed by atoms with Crippen LogP contribution in [0.2, 0.25) is 25.7 Å². The lowest BCUT2D eigenvalue weighted by molar-refractivity contribution is -0.142. The third-order valence-corrected chi connectivity index (χ3v) is 4.88. The molecule has 0 rings (SSSR count). The smallest absolute Gasteiger partial charge is 0.306 e. The summed E-state index contributed by atoms with van der Waals surface area (Å²) >= 11 is 3.37. The van der Waals surface area contributed by atoms with E-state index in [-0.39, 0.29) is 5.92 Å². The van der Waals surface area contributed by atoms with Crippen molar-refractivity contribution in [3.8, 4) is 0 Å². The molecule has 0 aromatic heterocycles. The van der Waals surface area contributed by atoms with Gasteiger partial charge < -0.3 is 5.11 Å². The molecule has 0 aromatic rings. The maximum atomic E-state index is 11.0. The minimum Gasteiger partial charge on any atom is -0.481 e. The topological polar surface area (TPSA) is 37.3 Å². The highest BCUT2D eigenvalue weighted by atomic mass is 79.9. The highest BCUT2D eigenvalue weighted by Gasteiger charge is 2.21. The average Bonchev–Trinajstić information content (AvgIpc) is 2.08. The van der Waals surface area contributed by atoms with Crippen molar-refractivity contribution in [2.45, 2.75) is 51.4 Å². The zero-order valence-electron chi connectivity index (χ0n) is 10.1. The largest absolute Gasteiger partial charge is 0.481 e. The number of carboxylic acid groups (broad SMARTS) is 1. The van der Waals surface area contributed by atoms with Crippen LogP contribution in [0.4, 0.5) is 0 Å². The van der Waals surface area contributed by atoms with Crippen LogP contribution in [-0.4, -0.2) is 24.5 Å². The third kappa shape index (κ3) is 9.12. The molecule has 0 amide bonds. The van der Waals surface area contributed by atoms with Gasteiger partial charge in [-0.1, -0.05) is 48.0 Å². The summed E-state index contributed by atoms with van der Waals surface area (Å²) in [5.41, 5.74) is 0. The summed E-state index contributed by atoms with van der Waals surface area (Å²) in [6.45, 7) is 6.89. The molecule has 2 nitrogen and oxygen atoms in total. The fraction of sp³-hybridized carbons (Fsp3) is 0.909. The number of aliphatic carboxylic acids is 1. The second kappa shape index (κ2) is 7.44. The van der Waals surface area contributed by atoms with E-state index in [2.05, 4.69) is 35.6 Å². The molecule has 15 heavy (non-hydrogen) atoms. The Bertz CT molecular complexity index is 190. The second-order valence-electron chi connectivity index (χ2n) is 5.32. The lowest BCUT2D eigenvalue weighted by Gasteiger charge is -2.19. The first-order valence-electron chi connectivity index (χ1n) is 5.65. The summed E-state index contributed by atoms with van der Waals surface area (Å²) in [5.74, 6) is -0.724. The molecule has 90 valence electrons. The van der Waals surface area contributed by atoms with Crippen LogP contribution >= 0.6 is 15.9 Å². The summed E-state index contributed by atoms with van der Waals surface area (Å²) in [4.78, 5) is 11.0. The van der Waals surface area contributed by atoms with Gasteiger partial charge >= 0.3 is 5.97 Å². The second-order valence-corrected chi connectivity index (χ2v) is 11.7. The van der Waals surface area contributed by atoms with Crippen molar-refractivity contribution in [1.29, 1.82) is 0 Å². The van der Waals surface area contributed by atoms with Crippen molar-refractivity contribution in [1.82, 2.24) is 0 Å². The molecule has 1 atom stereocenters. The van der Waals surface area contributed by atoms with E-state index in [1.807, 2.05) is 0 Å². The van der Waals surface area contributed by atoms with Crippen LogP contribution in [0.25, 0.3) is 0 Å². The number of hydrogen-bond donors (Lipinski definition) is 1. The van der Waals surface area contributed by atoms with Crippen LogP contribution in [0.1, 0.15) is 25.7 Å². The van der Waals surface area contributed by atoms with Crippen LogP contribution in [0.5, 0.6) is 0 Å². The van der Waals surface area contributed by atoms with Gasteiger partial charge in [-0.25, -0.2) is 0 Å². The van der Waals surface area contributed by atoms with E-state index < -0.39 is 14.0 Å². The Morgan fingerprint density at radius 2 is 1.87 bits per heavy atom. The fourth-order valence-corrected chi connectivity index (χ4v) is 3.09. The molecule has 0 aromatic carbocycles. The number of carbonyl (C=O) groups is 1. The molecule has 4 heteroatoms. The van der Waals surface area contributed by atoms with Crippen LogP contribution in [0.3, 0.4) is 0 Å². The van der Waals surface area contributed by atoms with Crippen LogP contribution < -0.4 is 0 Å².